The Labute approximate surface area is 168 Å². The van der Waals surface area contributed by atoms with Crippen molar-refractivity contribution < 1.29 is 14.3 Å². The van der Waals surface area contributed by atoms with Crippen LogP contribution in [0.4, 0.5) is 0 Å². The second-order valence-electron chi connectivity index (χ2n) is 7.82. The van der Waals surface area contributed by atoms with Gasteiger partial charge in [-0.2, -0.15) is 5.26 Å². The Morgan fingerprint density at radius 3 is 2.69 bits per heavy atom. The molecule has 1 fully saturated rings. The number of ether oxygens (including phenoxy) is 2. The standard InChI is InChI=1S/C22H23N3O4/c1-3-14-6-13-7-20(29-12-22(11-23)4-5-22)19(28-2)8-15(13)17-9-18(26)16(21(24)27)10-25(14)17/h7-10,14H,3-6,12H2,1-2H3,(H2,24,27). The summed E-state index contributed by atoms with van der Waals surface area (Å²) in [6, 6.07) is 7.69. The number of primary amides is 1. The first kappa shape index (κ1) is 19.1. The zero-order valence-corrected chi connectivity index (χ0v) is 16.5. The highest BCUT2D eigenvalue weighted by atomic mass is 16.5. The first-order chi connectivity index (χ1) is 13.9. The predicted molar refractivity (Wildman–Crippen MR) is 107 cm³/mol. The Hall–Kier alpha value is -3.27. The summed E-state index contributed by atoms with van der Waals surface area (Å²) in [6.45, 7) is 2.40. The Morgan fingerprint density at radius 2 is 2.10 bits per heavy atom. The van der Waals surface area contributed by atoms with Crippen molar-refractivity contribution >= 4 is 5.91 Å². The van der Waals surface area contributed by atoms with Crippen molar-refractivity contribution in [1.29, 1.82) is 5.26 Å². The van der Waals surface area contributed by atoms with Gasteiger partial charge in [-0.05, 0) is 43.4 Å². The van der Waals surface area contributed by atoms with E-state index in [-0.39, 0.29) is 17.0 Å². The normalized spacial score (nSPS) is 18.2. The number of benzene rings is 1. The number of nitrogens with two attached hydrogens (primary N) is 1. The fraction of sp³-hybridized carbons (Fsp3) is 0.409. The molecule has 1 atom stereocenters. The number of fused-ring (bicyclic) bond motifs is 3. The van der Waals surface area contributed by atoms with Crippen LogP contribution in [0.15, 0.2) is 29.2 Å². The van der Waals surface area contributed by atoms with Crippen molar-refractivity contribution in [3.63, 3.8) is 0 Å². The lowest BCUT2D eigenvalue weighted by Crippen LogP contribution is -2.27. The summed E-state index contributed by atoms with van der Waals surface area (Å²) >= 11 is 0. The first-order valence-corrected chi connectivity index (χ1v) is 9.72. The molecule has 1 amide bonds. The third kappa shape index (κ3) is 3.25. The second kappa shape index (κ2) is 6.96. The molecule has 4 rings (SSSR count). The number of rotatable bonds is 6. The highest BCUT2D eigenvalue weighted by molar-refractivity contribution is 5.92. The minimum atomic E-state index is -0.723. The van der Waals surface area contributed by atoms with Crippen molar-refractivity contribution in [2.45, 2.75) is 38.6 Å². The van der Waals surface area contributed by atoms with Gasteiger partial charge < -0.3 is 19.8 Å². The molecule has 1 saturated carbocycles. The maximum atomic E-state index is 12.4. The molecule has 1 aromatic heterocycles. The minimum Gasteiger partial charge on any atom is -0.493 e. The SMILES string of the molecule is CCC1Cc2cc(OCC3(C#N)CC3)c(OC)cc2-c2cc(=O)c(C(N)=O)cn21. The van der Waals surface area contributed by atoms with E-state index in [1.54, 1.807) is 13.3 Å². The van der Waals surface area contributed by atoms with Gasteiger partial charge in [0.15, 0.2) is 16.9 Å². The molecule has 1 aliphatic heterocycles. The fourth-order valence-corrected chi connectivity index (χ4v) is 3.88. The van der Waals surface area contributed by atoms with Crippen molar-refractivity contribution in [1.82, 2.24) is 4.57 Å². The van der Waals surface area contributed by atoms with Crippen LogP contribution in [0.3, 0.4) is 0 Å². The van der Waals surface area contributed by atoms with Crippen molar-refractivity contribution in [2.24, 2.45) is 11.1 Å². The van der Waals surface area contributed by atoms with Gasteiger partial charge in [0.25, 0.3) is 5.91 Å². The maximum Gasteiger partial charge on any atom is 0.254 e. The Kier molecular flexibility index (Phi) is 4.58. The van der Waals surface area contributed by atoms with E-state index in [4.69, 9.17) is 15.2 Å². The van der Waals surface area contributed by atoms with Gasteiger partial charge in [0.2, 0.25) is 0 Å². The van der Waals surface area contributed by atoms with Crippen molar-refractivity contribution in [3.8, 4) is 28.8 Å². The van der Waals surface area contributed by atoms with Gasteiger partial charge in [0.05, 0.1) is 24.3 Å². The summed E-state index contributed by atoms with van der Waals surface area (Å²) in [7, 11) is 1.56. The minimum absolute atomic E-state index is 0.00574. The predicted octanol–water partition coefficient (Wildman–Crippen LogP) is 2.81. The fourth-order valence-electron chi connectivity index (χ4n) is 3.88. The molecule has 2 N–H and O–H groups in total. The quantitative estimate of drug-likeness (QED) is 0.812. The van der Waals surface area contributed by atoms with E-state index < -0.39 is 11.3 Å². The molecule has 7 heteroatoms. The van der Waals surface area contributed by atoms with Crippen molar-refractivity contribution in [3.05, 3.63) is 45.7 Å². The number of carbonyl (C=O) groups excluding carboxylic acids is 1. The van der Waals surface area contributed by atoms with E-state index in [0.29, 0.717) is 18.1 Å². The molecular weight excluding hydrogens is 370 g/mol. The van der Waals surface area contributed by atoms with Crippen LogP contribution in [0.1, 0.15) is 48.1 Å². The van der Waals surface area contributed by atoms with E-state index in [1.165, 1.54) is 6.07 Å². The summed E-state index contributed by atoms with van der Waals surface area (Å²) in [4.78, 5) is 24.0. The van der Waals surface area contributed by atoms with Gasteiger partial charge in [-0.25, -0.2) is 0 Å². The lowest BCUT2D eigenvalue weighted by Gasteiger charge is -2.31. The average Bonchev–Trinajstić information content (AvgIpc) is 3.50. The second-order valence-corrected chi connectivity index (χ2v) is 7.82. The summed E-state index contributed by atoms with van der Waals surface area (Å²) in [5, 5.41) is 9.29. The van der Waals surface area contributed by atoms with E-state index in [1.807, 2.05) is 16.7 Å². The first-order valence-electron chi connectivity index (χ1n) is 9.72. The number of nitrogens with zero attached hydrogens (tertiary/aromatic N) is 2. The van der Waals surface area contributed by atoms with Crippen LogP contribution in [-0.4, -0.2) is 24.2 Å². The van der Waals surface area contributed by atoms with Crippen LogP contribution >= 0.6 is 0 Å². The Bertz CT molecular complexity index is 1090. The number of pyridine rings is 1. The number of carbonyl (C=O) groups is 1. The number of hydrogen-bond donors (Lipinski definition) is 1. The zero-order valence-electron chi connectivity index (χ0n) is 16.5. The molecule has 2 aliphatic rings. The zero-order chi connectivity index (χ0) is 20.8. The highest BCUT2D eigenvalue weighted by Gasteiger charge is 2.44. The van der Waals surface area contributed by atoms with Crippen LogP contribution in [0, 0.1) is 16.7 Å². The van der Waals surface area contributed by atoms with E-state index in [0.717, 1.165) is 42.5 Å². The highest BCUT2D eigenvalue weighted by Crippen LogP contribution is 2.47. The lowest BCUT2D eigenvalue weighted by molar-refractivity contribution is 0.0998. The third-order valence-electron chi connectivity index (χ3n) is 5.93. The van der Waals surface area contributed by atoms with Crippen LogP contribution < -0.4 is 20.6 Å². The average molecular weight is 393 g/mol. The Balaban J connectivity index is 1.79. The van der Waals surface area contributed by atoms with Crippen LogP contribution in [-0.2, 0) is 6.42 Å². The number of nitriles is 1. The molecule has 0 bridgehead atoms. The van der Waals surface area contributed by atoms with Gasteiger partial charge in [-0.1, -0.05) is 6.92 Å². The molecular formula is C22H23N3O4. The van der Waals surface area contributed by atoms with E-state index >= 15 is 0 Å². The molecule has 150 valence electrons. The van der Waals surface area contributed by atoms with Gasteiger partial charge in [-0.3, -0.25) is 9.59 Å². The number of amides is 1. The van der Waals surface area contributed by atoms with E-state index in [2.05, 4.69) is 13.0 Å². The van der Waals surface area contributed by atoms with Crippen LogP contribution in [0.25, 0.3) is 11.3 Å². The molecule has 29 heavy (non-hydrogen) atoms. The molecule has 0 saturated heterocycles. The van der Waals surface area contributed by atoms with Gasteiger partial charge in [-0.15, -0.1) is 0 Å². The molecule has 1 unspecified atom stereocenters. The topological polar surface area (TPSA) is 107 Å². The molecule has 1 aromatic carbocycles. The van der Waals surface area contributed by atoms with Gasteiger partial charge in [0.1, 0.15) is 12.2 Å². The largest absolute Gasteiger partial charge is 0.493 e. The third-order valence-corrected chi connectivity index (χ3v) is 5.93. The van der Waals surface area contributed by atoms with Crippen LogP contribution in [0.5, 0.6) is 11.5 Å². The summed E-state index contributed by atoms with van der Waals surface area (Å²) in [5.41, 5.74) is 7.23. The molecule has 0 spiro atoms. The number of aromatic nitrogens is 1. The summed E-state index contributed by atoms with van der Waals surface area (Å²) in [6.07, 6.45) is 4.83. The monoisotopic (exact) mass is 393 g/mol. The molecule has 2 heterocycles. The number of methoxy groups -OCH3 is 1. The molecule has 7 nitrogen and oxygen atoms in total. The van der Waals surface area contributed by atoms with Crippen molar-refractivity contribution in [2.75, 3.05) is 13.7 Å². The Morgan fingerprint density at radius 1 is 1.34 bits per heavy atom. The molecule has 0 radical (unpaired) electrons. The maximum absolute atomic E-state index is 12.4. The summed E-state index contributed by atoms with van der Waals surface area (Å²) < 4.78 is 13.4. The van der Waals surface area contributed by atoms with Gasteiger partial charge >= 0.3 is 0 Å². The van der Waals surface area contributed by atoms with Crippen LogP contribution in [0.2, 0.25) is 0 Å². The number of hydrogen-bond acceptors (Lipinski definition) is 5. The van der Waals surface area contributed by atoms with Gasteiger partial charge in [0, 0.05) is 23.9 Å². The lowest BCUT2D eigenvalue weighted by atomic mass is 9.90. The molecule has 2 aromatic rings. The van der Waals surface area contributed by atoms with E-state index in [9.17, 15) is 14.9 Å². The summed E-state index contributed by atoms with van der Waals surface area (Å²) in [5.74, 6) is 0.427. The molecule has 1 aliphatic carbocycles. The smallest absolute Gasteiger partial charge is 0.254 e.